The fourth-order valence-corrected chi connectivity index (χ4v) is 1.27. The Morgan fingerprint density at radius 3 is 2.30 bits per heavy atom. The van der Waals surface area contributed by atoms with Crippen LogP contribution in [0.15, 0.2) is 35.5 Å². The molecule has 1 unspecified atom stereocenters. The lowest BCUT2D eigenvalue weighted by Crippen LogP contribution is -2.31. The topological polar surface area (TPSA) is 41.8 Å². The molecule has 0 aromatic heterocycles. The molecule has 0 radical (unpaired) electrons. The van der Waals surface area contributed by atoms with Gasteiger partial charge in [-0.1, -0.05) is 47.3 Å². The first-order valence-electron chi connectivity index (χ1n) is 6.68. The molecule has 1 N–H and O–H groups in total. The van der Waals surface area contributed by atoms with Crippen LogP contribution in [0.4, 0.5) is 0 Å². The van der Waals surface area contributed by atoms with Gasteiger partial charge in [0, 0.05) is 5.41 Å². The molecule has 0 saturated carbocycles. The molecule has 0 aliphatic carbocycles. The van der Waals surface area contributed by atoms with Crippen molar-refractivity contribution < 1.29 is 9.94 Å². The predicted molar refractivity (Wildman–Crippen MR) is 82.2 cm³/mol. The van der Waals surface area contributed by atoms with E-state index in [0.29, 0.717) is 12.3 Å². The highest BCUT2D eigenvalue weighted by molar-refractivity contribution is 5.92. The summed E-state index contributed by atoms with van der Waals surface area (Å²) in [5, 5.41) is 14.2. The number of nitrogens with zero attached hydrogens (tertiary/aromatic N) is 1. The monoisotopic (exact) mass is 273 g/mol. The van der Waals surface area contributed by atoms with E-state index in [1.165, 1.54) is 0 Å². The average molecular weight is 273 g/mol. The predicted octanol–water partition coefficient (Wildman–Crippen LogP) is 3.38. The van der Waals surface area contributed by atoms with E-state index in [1.807, 2.05) is 51.1 Å². The molecule has 0 spiro atoms. The van der Waals surface area contributed by atoms with Crippen LogP contribution >= 0.6 is 0 Å². The Hall–Kier alpha value is -1.79. The summed E-state index contributed by atoms with van der Waals surface area (Å²) < 4.78 is 0. The van der Waals surface area contributed by atoms with Crippen molar-refractivity contribution in [1.29, 1.82) is 0 Å². The van der Waals surface area contributed by atoms with Gasteiger partial charge in [0.2, 0.25) is 0 Å². The third-order valence-corrected chi connectivity index (χ3v) is 2.66. The van der Waals surface area contributed by atoms with Crippen molar-refractivity contribution in [1.82, 2.24) is 0 Å². The van der Waals surface area contributed by atoms with Crippen LogP contribution in [0, 0.1) is 17.3 Å². The number of hydrogen-bond acceptors (Lipinski definition) is 3. The summed E-state index contributed by atoms with van der Waals surface area (Å²) in [4.78, 5) is 5.26. The number of hydrogen-bond donors (Lipinski definition) is 1. The van der Waals surface area contributed by atoms with Crippen LogP contribution in [0.5, 0.6) is 0 Å². The maximum atomic E-state index is 10.3. The summed E-state index contributed by atoms with van der Waals surface area (Å²) in [6, 6.07) is 9.76. The van der Waals surface area contributed by atoms with Crippen LogP contribution in [0.3, 0.4) is 0 Å². The van der Waals surface area contributed by atoms with Crippen molar-refractivity contribution in [3.05, 3.63) is 35.9 Å². The molecule has 1 atom stereocenters. The van der Waals surface area contributed by atoms with Gasteiger partial charge in [-0.25, -0.2) is 0 Å². The van der Waals surface area contributed by atoms with E-state index in [0.717, 1.165) is 5.56 Å². The first-order chi connectivity index (χ1) is 9.21. The number of rotatable bonds is 4. The highest BCUT2D eigenvalue weighted by Gasteiger charge is 2.22. The maximum Gasteiger partial charge on any atom is 0.164 e. The third-order valence-electron chi connectivity index (χ3n) is 2.66. The van der Waals surface area contributed by atoms with Gasteiger partial charge in [0.1, 0.15) is 6.61 Å². The number of benzene rings is 1. The van der Waals surface area contributed by atoms with Gasteiger partial charge in [-0.15, -0.1) is 0 Å². The van der Waals surface area contributed by atoms with Crippen LogP contribution < -0.4 is 0 Å². The molecule has 1 rings (SSSR count). The molecule has 0 heterocycles. The first-order valence-corrected chi connectivity index (χ1v) is 6.68. The first kappa shape index (κ1) is 16.3. The highest BCUT2D eigenvalue weighted by Crippen LogP contribution is 2.13. The van der Waals surface area contributed by atoms with Crippen molar-refractivity contribution in [2.75, 3.05) is 0 Å². The molecule has 3 heteroatoms. The van der Waals surface area contributed by atoms with E-state index in [-0.39, 0.29) is 5.41 Å². The van der Waals surface area contributed by atoms with Crippen LogP contribution in [0.2, 0.25) is 0 Å². The zero-order valence-electron chi connectivity index (χ0n) is 12.9. The van der Waals surface area contributed by atoms with Crippen molar-refractivity contribution in [2.45, 2.75) is 46.8 Å². The zero-order chi connectivity index (χ0) is 15.2. The van der Waals surface area contributed by atoms with Crippen molar-refractivity contribution in [3.63, 3.8) is 0 Å². The SMILES string of the molecule is C/C(=N\OCc1ccccc1)C(C)(O)C#CC(C)(C)C. The Bertz CT molecular complexity index is 513. The fourth-order valence-electron chi connectivity index (χ4n) is 1.27. The molecule has 0 fully saturated rings. The second-order valence-electron chi connectivity index (χ2n) is 6.01. The lowest BCUT2D eigenvalue weighted by molar-refractivity contribution is 0.119. The molecule has 0 bridgehead atoms. The normalized spacial score (nSPS) is 15.0. The van der Waals surface area contributed by atoms with Crippen molar-refractivity contribution in [2.24, 2.45) is 10.6 Å². The minimum absolute atomic E-state index is 0.158. The summed E-state index contributed by atoms with van der Waals surface area (Å²) in [6.07, 6.45) is 0. The van der Waals surface area contributed by atoms with E-state index in [1.54, 1.807) is 13.8 Å². The average Bonchev–Trinajstić information content (AvgIpc) is 2.37. The molecule has 108 valence electrons. The molecule has 0 amide bonds. The molecular formula is C17H23NO2. The number of oxime groups is 1. The molecule has 1 aromatic rings. The van der Waals surface area contributed by atoms with Gasteiger partial charge in [-0.05, 0) is 40.2 Å². The molecule has 0 aliphatic heterocycles. The molecule has 0 saturated heterocycles. The van der Waals surface area contributed by atoms with Gasteiger partial charge in [-0.2, -0.15) is 0 Å². The Kier molecular flexibility index (Phi) is 5.35. The Balaban J connectivity index is 2.65. The lowest BCUT2D eigenvalue weighted by Gasteiger charge is -2.17. The van der Waals surface area contributed by atoms with E-state index in [4.69, 9.17) is 4.84 Å². The standard InChI is InChI=1S/C17H23NO2/c1-14(17(5,19)12-11-16(2,3)4)18-20-13-15-9-7-6-8-10-15/h6-10,19H,13H2,1-5H3/b18-14+. The third kappa shape index (κ3) is 5.90. The summed E-state index contributed by atoms with van der Waals surface area (Å²) >= 11 is 0. The quantitative estimate of drug-likeness (QED) is 0.519. The van der Waals surface area contributed by atoms with Crippen LogP contribution in [0.25, 0.3) is 0 Å². The van der Waals surface area contributed by atoms with E-state index in [2.05, 4.69) is 17.0 Å². The highest BCUT2D eigenvalue weighted by atomic mass is 16.6. The summed E-state index contributed by atoms with van der Waals surface area (Å²) in [5.74, 6) is 5.86. The van der Waals surface area contributed by atoms with Gasteiger partial charge >= 0.3 is 0 Å². The van der Waals surface area contributed by atoms with E-state index < -0.39 is 5.60 Å². The van der Waals surface area contributed by atoms with Crippen molar-refractivity contribution >= 4 is 5.71 Å². The molecule has 20 heavy (non-hydrogen) atoms. The minimum Gasteiger partial charge on any atom is -0.391 e. The Morgan fingerprint density at radius 2 is 1.75 bits per heavy atom. The van der Waals surface area contributed by atoms with Gasteiger partial charge in [0.15, 0.2) is 5.60 Å². The van der Waals surface area contributed by atoms with E-state index >= 15 is 0 Å². The largest absolute Gasteiger partial charge is 0.391 e. The van der Waals surface area contributed by atoms with Crippen LogP contribution in [0.1, 0.15) is 40.2 Å². The Labute approximate surface area is 121 Å². The molecule has 3 nitrogen and oxygen atoms in total. The second-order valence-corrected chi connectivity index (χ2v) is 6.01. The minimum atomic E-state index is -1.27. The molecule has 1 aromatic carbocycles. The lowest BCUT2D eigenvalue weighted by atomic mass is 9.94. The van der Waals surface area contributed by atoms with Gasteiger partial charge in [-0.3, -0.25) is 0 Å². The summed E-state index contributed by atoms with van der Waals surface area (Å²) in [7, 11) is 0. The molecule has 0 aliphatic rings. The van der Waals surface area contributed by atoms with Crippen LogP contribution in [-0.4, -0.2) is 16.4 Å². The summed E-state index contributed by atoms with van der Waals surface area (Å²) in [6.45, 7) is 9.69. The van der Waals surface area contributed by atoms with Crippen molar-refractivity contribution in [3.8, 4) is 11.8 Å². The zero-order valence-corrected chi connectivity index (χ0v) is 12.9. The fraction of sp³-hybridized carbons (Fsp3) is 0.471. The van der Waals surface area contributed by atoms with Gasteiger partial charge in [0.25, 0.3) is 0 Å². The number of aliphatic hydroxyl groups is 1. The smallest absolute Gasteiger partial charge is 0.164 e. The molecular weight excluding hydrogens is 250 g/mol. The van der Waals surface area contributed by atoms with E-state index in [9.17, 15) is 5.11 Å². The van der Waals surface area contributed by atoms with Crippen LogP contribution in [-0.2, 0) is 11.4 Å². The maximum absolute atomic E-state index is 10.3. The summed E-state index contributed by atoms with van der Waals surface area (Å²) in [5.41, 5.74) is 0.0497. The van der Waals surface area contributed by atoms with Gasteiger partial charge < -0.3 is 9.94 Å². The van der Waals surface area contributed by atoms with Gasteiger partial charge in [0.05, 0.1) is 5.71 Å². The second kappa shape index (κ2) is 6.58. The Morgan fingerprint density at radius 1 is 1.15 bits per heavy atom.